The fourth-order valence-electron chi connectivity index (χ4n) is 2.21. The molecule has 0 unspecified atom stereocenters. The molecular formula is C17H17ClO2. The number of ether oxygens (including phenoxy) is 1. The van der Waals surface area contributed by atoms with E-state index >= 15 is 0 Å². The van der Waals surface area contributed by atoms with E-state index in [4.69, 9.17) is 16.3 Å². The highest BCUT2D eigenvalue weighted by molar-refractivity contribution is 6.33. The summed E-state index contributed by atoms with van der Waals surface area (Å²) in [5.74, 6) is 1.65. The Morgan fingerprint density at radius 1 is 1.20 bits per heavy atom. The van der Waals surface area contributed by atoms with Crippen LogP contribution >= 0.6 is 11.6 Å². The highest BCUT2D eigenvalue weighted by atomic mass is 35.5. The molecule has 2 rings (SSSR count). The predicted molar refractivity (Wildman–Crippen MR) is 82.2 cm³/mol. The summed E-state index contributed by atoms with van der Waals surface area (Å²) in [5.41, 5.74) is 2.84. The van der Waals surface area contributed by atoms with E-state index in [1.54, 1.807) is 18.2 Å². The van der Waals surface area contributed by atoms with Crippen molar-refractivity contribution in [2.75, 3.05) is 0 Å². The summed E-state index contributed by atoms with van der Waals surface area (Å²) in [4.78, 5) is 11.1. The van der Waals surface area contributed by atoms with Crippen molar-refractivity contribution in [3.8, 4) is 11.5 Å². The molecule has 0 saturated heterocycles. The van der Waals surface area contributed by atoms with Crippen LogP contribution in [-0.2, 0) is 0 Å². The minimum absolute atomic E-state index is 0.375. The van der Waals surface area contributed by atoms with E-state index in [1.807, 2.05) is 12.1 Å². The quantitative estimate of drug-likeness (QED) is 0.706. The zero-order valence-electron chi connectivity index (χ0n) is 11.8. The number of halogens is 1. The third-order valence-electron chi connectivity index (χ3n) is 3.22. The van der Waals surface area contributed by atoms with Crippen molar-refractivity contribution in [3.05, 3.63) is 58.1 Å². The lowest BCUT2D eigenvalue weighted by Gasteiger charge is -2.13. The van der Waals surface area contributed by atoms with Crippen molar-refractivity contribution in [1.82, 2.24) is 0 Å². The van der Waals surface area contributed by atoms with Gasteiger partial charge in [0.15, 0.2) is 6.29 Å². The normalized spacial score (nSPS) is 10.7. The first-order chi connectivity index (χ1) is 9.52. The van der Waals surface area contributed by atoms with Crippen LogP contribution in [-0.4, -0.2) is 6.29 Å². The smallest absolute Gasteiger partial charge is 0.155 e. The van der Waals surface area contributed by atoms with E-state index in [0.717, 1.165) is 0 Å². The molecule has 104 valence electrons. The first-order valence-corrected chi connectivity index (χ1v) is 6.92. The third kappa shape index (κ3) is 3.02. The highest BCUT2D eigenvalue weighted by Gasteiger charge is 2.10. The zero-order chi connectivity index (χ0) is 14.7. The molecule has 20 heavy (non-hydrogen) atoms. The van der Waals surface area contributed by atoms with E-state index in [2.05, 4.69) is 26.8 Å². The average Bonchev–Trinajstić information content (AvgIpc) is 2.38. The number of aldehydes is 1. The van der Waals surface area contributed by atoms with Crippen molar-refractivity contribution in [2.24, 2.45) is 0 Å². The fourth-order valence-corrected chi connectivity index (χ4v) is 2.42. The summed E-state index contributed by atoms with van der Waals surface area (Å²) in [6, 6.07) is 11.1. The lowest BCUT2D eigenvalue weighted by atomic mass is 9.98. The van der Waals surface area contributed by atoms with Gasteiger partial charge < -0.3 is 4.74 Å². The van der Waals surface area contributed by atoms with E-state index in [-0.39, 0.29) is 0 Å². The number of rotatable bonds is 4. The molecule has 2 aromatic carbocycles. The van der Waals surface area contributed by atoms with Crippen molar-refractivity contribution in [1.29, 1.82) is 0 Å². The van der Waals surface area contributed by atoms with Crippen LogP contribution in [0.2, 0.25) is 5.02 Å². The summed E-state index contributed by atoms with van der Waals surface area (Å²) >= 11 is 5.98. The molecule has 3 heteroatoms. The number of carbonyl (C=O) groups excluding carboxylic acids is 1. The van der Waals surface area contributed by atoms with E-state index < -0.39 is 0 Å². The Hall–Kier alpha value is -1.80. The maximum atomic E-state index is 11.1. The highest BCUT2D eigenvalue weighted by Crippen LogP contribution is 2.31. The van der Waals surface area contributed by atoms with Crippen LogP contribution in [0.4, 0.5) is 0 Å². The van der Waals surface area contributed by atoms with Gasteiger partial charge in [-0.2, -0.15) is 0 Å². The second-order valence-electron chi connectivity index (χ2n) is 5.04. The maximum Gasteiger partial charge on any atom is 0.155 e. The van der Waals surface area contributed by atoms with Crippen LogP contribution < -0.4 is 4.74 Å². The summed E-state index contributed by atoms with van der Waals surface area (Å²) in [6.45, 7) is 6.37. The van der Waals surface area contributed by atoms with Crippen molar-refractivity contribution in [3.63, 3.8) is 0 Å². The van der Waals surface area contributed by atoms with Crippen molar-refractivity contribution >= 4 is 17.9 Å². The summed E-state index contributed by atoms with van der Waals surface area (Å²) in [7, 11) is 0. The van der Waals surface area contributed by atoms with Gasteiger partial charge in [-0.3, -0.25) is 4.79 Å². The maximum absolute atomic E-state index is 11.1. The average molecular weight is 289 g/mol. The lowest BCUT2D eigenvalue weighted by Crippen LogP contribution is -1.95. The predicted octanol–water partition coefficient (Wildman–Crippen LogP) is 5.38. The minimum Gasteiger partial charge on any atom is -0.457 e. The van der Waals surface area contributed by atoms with E-state index in [1.165, 1.54) is 11.1 Å². The van der Waals surface area contributed by atoms with Gasteiger partial charge in [-0.25, -0.2) is 0 Å². The molecule has 2 nitrogen and oxygen atoms in total. The molecule has 0 aliphatic rings. The molecule has 0 fully saturated rings. The number of carbonyl (C=O) groups is 1. The lowest BCUT2D eigenvalue weighted by molar-refractivity contribution is 0.112. The van der Waals surface area contributed by atoms with Gasteiger partial charge in [0, 0.05) is 0 Å². The van der Waals surface area contributed by atoms with Crippen molar-refractivity contribution in [2.45, 2.75) is 26.7 Å². The van der Waals surface area contributed by atoms with Crippen LogP contribution in [0.1, 0.15) is 41.3 Å². The molecule has 2 aromatic rings. The number of hydrogen-bond acceptors (Lipinski definition) is 2. The molecule has 0 aromatic heterocycles. The zero-order valence-corrected chi connectivity index (χ0v) is 12.6. The SMILES string of the molecule is Cc1cc(Oc2cccc(Cl)c2C=O)ccc1C(C)C. The fraction of sp³-hybridized carbons (Fsp3) is 0.235. The van der Waals surface area contributed by atoms with Crippen LogP contribution in [0, 0.1) is 6.92 Å². The molecule has 0 bridgehead atoms. The van der Waals surface area contributed by atoms with Gasteiger partial charge in [0.2, 0.25) is 0 Å². The van der Waals surface area contributed by atoms with Crippen LogP contribution in [0.25, 0.3) is 0 Å². The molecule has 0 atom stereocenters. The monoisotopic (exact) mass is 288 g/mol. The molecule has 0 heterocycles. The number of benzene rings is 2. The Morgan fingerprint density at radius 2 is 1.95 bits per heavy atom. The summed E-state index contributed by atoms with van der Waals surface area (Å²) < 4.78 is 5.78. The number of hydrogen-bond donors (Lipinski definition) is 0. The van der Waals surface area contributed by atoms with Gasteiger partial charge >= 0.3 is 0 Å². The molecule has 0 N–H and O–H groups in total. The van der Waals surface area contributed by atoms with Gasteiger partial charge in [0.05, 0.1) is 10.6 Å². The molecular weight excluding hydrogens is 272 g/mol. The summed E-state index contributed by atoms with van der Waals surface area (Å²) in [6.07, 6.45) is 0.715. The molecule has 0 aliphatic heterocycles. The molecule has 0 amide bonds. The largest absolute Gasteiger partial charge is 0.457 e. The Kier molecular flexibility index (Phi) is 4.46. The second-order valence-corrected chi connectivity index (χ2v) is 5.45. The Labute approximate surface area is 124 Å². The molecule has 0 radical (unpaired) electrons. The summed E-state index contributed by atoms with van der Waals surface area (Å²) in [5, 5.41) is 0.396. The topological polar surface area (TPSA) is 26.3 Å². The van der Waals surface area contributed by atoms with Crippen LogP contribution in [0.3, 0.4) is 0 Å². The van der Waals surface area contributed by atoms with E-state index in [0.29, 0.717) is 34.3 Å². The van der Waals surface area contributed by atoms with Gasteiger partial charge in [0.25, 0.3) is 0 Å². The van der Waals surface area contributed by atoms with Gasteiger partial charge in [-0.05, 0) is 48.2 Å². The molecule has 0 aliphatic carbocycles. The molecule has 0 spiro atoms. The second kappa shape index (κ2) is 6.10. The van der Waals surface area contributed by atoms with E-state index in [9.17, 15) is 4.79 Å². The number of aryl methyl sites for hydroxylation is 1. The first kappa shape index (κ1) is 14.6. The minimum atomic E-state index is 0.375. The standard InChI is InChI=1S/C17H17ClO2/c1-11(2)14-8-7-13(9-12(14)3)20-17-6-4-5-16(18)15(17)10-19/h4-11H,1-3H3. The molecule has 0 saturated carbocycles. The Balaban J connectivity index is 2.34. The van der Waals surface area contributed by atoms with Crippen LogP contribution in [0.15, 0.2) is 36.4 Å². The van der Waals surface area contributed by atoms with Crippen LogP contribution in [0.5, 0.6) is 11.5 Å². The van der Waals surface area contributed by atoms with Crippen molar-refractivity contribution < 1.29 is 9.53 Å². The third-order valence-corrected chi connectivity index (χ3v) is 3.55. The Morgan fingerprint density at radius 3 is 2.55 bits per heavy atom. The van der Waals surface area contributed by atoms with Gasteiger partial charge in [-0.15, -0.1) is 0 Å². The first-order valence-electron chi connectivity index (χ1n) is 6.55. The Bertz CT molecular complexity index is 633. The van der Waals surface area contributed by atoms with Gasteiger partial charge in [0.1, 0.15) is 11.5 Å². The van der Waals surface area contributed by atoms with Gasteiger partial charge in [-0.1, -0.05) is 37.6 Å².